The zero-order valence-corrected chi connectivity index (χ0v) is 15.0. The lowest BCUT2D eigenvalue weighted by Gasteiger charge is -2.32. The molecular weight excluding hydrogens is 302 g/mol. The number of rotatable bonds is 7. The summed E-state index contributed by atoms with van der Waals surface area (Å²) < 4.78 is 4.68. The minimum Gasteiger partial charge on any atom is -0.465 e. The predicted octanol–water partition coefficient (Wildman–Crippen LogP) is 3.91. The Hall–Kier alpha value is -2.10. The summed E-state index contributed by atoms with van der Waals surface area (Å²) in [5.74, 6) is 0.202. The van der Waals surface area contributed by atoms with E-state index in [1.54, 1.807) is 18.2 Å². The monoisotopic (exact) mass is 329 g/mol. The Bertz CT molecular complexity index is 602. The van der Waals surface area contributed by atoms with Crippen molar-refractivity contribution in [2.24, 2.45) is 5.92 Å². The Morgan fingerprint density at radius 1 is 1.25 bits per heavy atom. The van der Waals surface area contributed by atoms with Crippen molar-refractivity contribution in [1.82, 2.24) is 4.90 Å². The maximum absolute atomic E-state index is 12.6. The van der Waals surface area contributed by atoms with Gasteiger partial charge in [0.2, 0.25) is 5.91 Å². The topological polar surface area (TPSA) is 46.6 Å². The first kappa shape index (κ1) is 18.2. The molecule has 0 aliphatic heterocycles. The van der Waals surface area contributed by atoms with Crippen LogP contribution in [0, 0.1) is 5.92 Å². The highest BCUT2D eigenvalue weighted by atomic mass is 16.5. The largest absolute Gasteiger partial charge is 0.465 e. The standard InChI is InChI=1S/C20H27NO3/c1-5-14(2)15(3)21(18-11-12-18)19(22)13-8-16-6-9-17(10-7-16)20(23)24-4/h6-10,13-15,18H,5,11-12H2,1-4H3/b13-8+. The van der Waals surface area contributed by atoms with E-state index in [-0.39, 0.29) is 17.9 Å². The van der Waals surface area contributed by atoms with Gasteiger partial charge in [0, 0.05) is 18.2 Å². The minimum absolute atomic E-state index is 0.0716. The average molecular weight is 329 g/mol. The molecule has 0 radical (unpaired) electrons. The summed E-state index contributed by atoms with van der Waals surface area (Å²) in [6.45, 7) is 6.50. The van der Waals surface area contributed by atoms with Crippen LogP contribution in [0.1, 0.15) is 56.0 Å². The molecule has 2 unspecified atom stereocenters. The number of hydrogen-bond acceptors (Lipinski definition) is 3. The molecule has 1 amide bonds. The molecule has 1 aliphatic carbocycles. The van der Waals surface area contributed by atoms with Crippen LogP contribution in [-0.2, 0) is 9.53 Å². The van der Waals surface area contributed by atoms with Gasteiger partial charge in [-0.1, -0.05) is 32.4 Å². The molecule has 4 heteroatoms. The van der Waals surface area contributed by atoms with Gasteiger partial charge in [-0.15, -0.1) is 0 Å². The van der Waals surface area contributed by atoms with Gasteiger partial charge in [0.25, 0.3) is 0 Å². The highest BCUT2D eigenvalue weighted by molar-refractivity contribution is 5.93. The van der Waals surface area contributed by atoms with E-state index < -0.39 is 0 Å². The summed E-state index contributed by atoms with van der Waals surface area (Å²) in [5, 5.41) is 0. The quantitative estimate of drug-likeness (QED) is 0.563. The molecule has 0 aromatic heterocycles. The van der Waals surface area contributed by atoms with Crippen molar-refractivity contribution in [2.75, 3.05) is 7.11 Å². The molecule has 2 rings (SSSR count). The molecule has 1 aromatic carbocycles. The second kappa shape index (κ2) is 8.13. The molecule has 0 heterocycles. The van der Waals surface area contributed by atoms with Crippen LogP contribution >= 0.6 is 0 Å². The Balaban J connectivity index is 2.06. The molecule has 0 bridgehead atoms. The average Bonchev–Trinajstić information content (AvgIpc) is 3.43. The fourth-order valence-corrected chi connectivity index (χ4v) is 2.78. The maximum Gasteiger partial charge on any atom is 0.337 e. The highest BCUT2D eigenvalue weighted by Gasteiger charge is 2.36. The van der Waals surface area contributed by atoms with Crippen LogP contribution in [0.3, 0.4) is 0 Å². The number of methoxy groups -OCH3 is 1. The van der Waals surface area contributed by atoms with Gasteiger partial charge in [-0.3, -0.25) is 4.79 Å². The van der Waals surface area contributed by atoms with Gasteiger partial charge < -0.3 is 9.64 Å². The third kappa shape index (κ3) is 4.47. The lowest BCUT2D eigenvalue weighted by atomic mass is 9.99. The summed E-state index contributed by atoms with van der Waals surface area (Å²) in [6, 6.07) is 7.69. The zero-order valence-electron chi connectivity index (χ0n) is 15.0. The SMILES string of the molecule is CCC(C)C(C)N(C(=O)/C=C/c1ccc(C(=O)OC)cc1)C1CC1. The fourth-order valence-electron chi connectivity index (χ4n) is 2.78. The van der Waals surface area contributed by atoms with Crippen molar-refractivity contribution in [3.8, 4) is 0 Å². The smallest absolute Gasteiger partial charge is 0.337 e. The number of esters is 1. The van der Waals surface area contributed by atoms with Crippen molar-refractivity contribution >= 4 is 18.0 Å². The molecule has 0 saturated heterocycles. The number of amides is 1. The van der Waals surface area contributed by atoms with Crippen LogP contribution < -0.4 is 0 Å². The number of hydrogen-bond donors (Lipinski definition) is 0. The molecule has 1 fully saturated rings. The van der Waals surface area contributed by atoms with Gasteiger partial charge in [-0.25, -0.2) is 4.79 Å². The van der Waals surface area contributed by atoms with Crippen LogP contribution in [0.5, 0.6) is 0 Å². The number of nitrogens with zero attached hydrogens (tertiary/aromatic N) is 1. The van der Waals surface area contributed by atoms with Crippen LogP contribution in [0.4, 0.5) is 0 Å². The van der Waals surface area contributed by atoms with Crippen molar-refractivity contribution in [2.45, 2.75) is 52.1 Å². The van der Waals surface area contributed by atoms with E-state index in [1.165, 1.54) is 7.11 Å². The van der Waals surface area contributed by atoms with E-state index in [1.807, 2.05) is 23.1 Å². The van der Waals surface area contributed by atoms with Crippen LogP contribution in [0.2, 0.25) is 0 Å². The molecule has 4 nitrogen and oxygen atoms in total. The van der Waals surface area contributed by atoms with Gasteiger partial charge in [-0.05, 0) is 49.5 Å². The predicted molar refractivity (Wildman–Crippen MR) is 95.6 cm³/mol. The number of carbonyl (C=O) groups excluding carboxylic acids is 2. The van der Waals surface area contributed by atoms with Crippen molar-refractivity contribution in [1.29, 1.82) is 0 Å². The van der Waals surface area contributed by atoms with Crippen molar-refractivity contribution in [3.05, 3.63) is 41.5 Å². The van der Waals surface area contributed by atoms with Crippen molar-refractivity contribution in [3.63, 3.8) is 0 Å². The van der Waals surface area contributed by atoms with Gasteiger partial charge in [0.15, 0.2) is 0 Å². The van der Waals surface area contributed by atoms with Gasteiger partial charge in [0.1, 0.15) is 0 Å². The second-order valence-corrected chi connectivity index (χ2v) is 6.55. The maximum atomic E-state index is 12.6. The van der Waals surface area contributed by atoms with Crippen LogP contribution in [0.25, 0.3) is 6.08 Å². The van der Waals surface area contributed by atoms with E-state index >= 15 is 0 Å². The summed E-state index contributed by atoms with van der Waals surface area (Å²) in [6.07, 6.45) is 6.73. The van der Waals surface area contributed by atoms with E-state index in [2.05, 4.69) is 25.5 Å². The molecule has 1 saturated carbocycles. The molecule has 0 N–H and O–H groups in total. The first-order chi connectivity index (χ1) is 11.5. The summed E-state index contributed by atoms with van der Waals surface area (Å²) in [4.78, 5) is 26.1. The molecule has 1 aromatic rings. The lowest BCUT2D eigenvalue weighted by Crippen LogP contribution is -2.42. The molecule has 1 aliphatic rings. The number of carbonyl (C=O) groups is 2. The third-order valence-electron chi connectivity index (χ3n) is 4.85. The highest BCUT2D eigenvalue weighted by Crippen LogP contribution is 2.31. The van der Waals surface area contributed by atoms with E-state index in [9.17, 15) is 9.59 Å². The van der Waals surface area contributed by atoms with E-state index in [0.29, 0.717) is 17.5 Å². The summed E-state index contributed by atoms with van der Waals surface area (Å²) in [7, 11) is 1.36. The van der Waals surface area contributed by atoms with E-state index in [4.69, 9.17) is 0 Å². The Labute approximate surface area is 144 Å². The molecule has 24 heavy (non-hydrogen) atoms. The van der Waals surface area contributed by atoms with Crippen LogP contribution in [0.15, 0.2) is 30.3 Å². The molecule has 0 spiro atoms. The Kier molecular flexibility index (Phi) is 6.18. The first-order valence-electron chi connectivity index (χ1n) is 8.66. The second-order valence-electron chi connectivity index (χ2n) is 6.55. The number of ether oxygens (including phenoxy) is 1. The normalized spacial score (nSPS) is 16.7. The third-order valence-corrected chi connectivity index (χ3v) is 4.85. The lowest BCUT2D eigenvalue weighted by molar-refractivity contribution is -0.129. The molecule has 130 valence electrons. The van der Waals surface area contributed by atoms with Gasteiger partial charge >= 0.3 is 5.97 Å². The Morgan fingerprint density at radius 3 is 2.38 bits per heavy atom. The number of benzene rings is 1. The minimum atomic E-state index is -0.358. The molecule has 2 atom stereocenters. The first-order valence-corrected chi connectivity index (χ1v) is 8.66. The fraction of sp³-hybridized carbons (Fsp3) is 0.500. The molecular formula is C20H27NO3. The zero-order chi connectivity index (χ0) is 17.7. The summed E-state index contributed by atoms with van der Waals surface area (Å²) in [5.41, 5.74) is 1.40. The van der Waals surface area contributed by atoms with E-state index in [0.717, 1.165) is 24.8 Å². The summed E-state index contributed by atoms with van der Waals surface area (Å²) >= 11 is 0. The van der Waals surface area contributed by atoms with Crippen molar-refractivity contribution < 1.29 is 14.3 Å². The van der Waals surface area contributed by atoms with Crippen LogP contribution in [-0.4, -0.2) is 36.0 Å². The van der Waals surface area contributed by atoms with Gasteiger partial charge in [-0.2, -0.15) is 0 Å². The Morgan fingerprint density at radius 2 is 1.88 bits per heavy atom. The van der Waals surface area contributed by atoms with Gasteiger partial charge in [0.05, 0.1) is 12.7 Å².